The van der Waals surface area contributed by atoms with Gasteiger partial charge < -0.3 is 23.9 Å². The zero-order chi connectivity index (χ0) is 18.4. The largest absolute Gasteiger partial charge is 0.493 e. The van der Waals surface area contributed by atoms with Crippen LogP contribution in [0.15, 0.2) is 12.1 Å². The summed E-state index contributed by atoms with van der Waals surface area (Å²) < 4.78 is 16.1. The molecule has 0 bridgehead atoms. The lowest BCUT2D eigenvalue weighted by Crippen LogP contribution is -2.46. The second-order valence-corrected chi connectivity index (χ2v) is 6.15. The van der Waals surface area contributed by atoms with E-state index in [4.69, 9.17) is 14.2 Å². The van der Waals surface area contributed by atoms with Gasteiger partial charge in [0.25, 0.3) is 0 Å². The highest BCUT2D eigenvalue weighted by molar-refractivity contribution is 5.86. The van der Waals surface area contributed by atoms with Crippen molar-refractivity contribution in [1.29, 1.82) is 0 Å². The summed E-state index contributed by atoms with van der Waals surface area (Å²) in [6.07, 6.45) is 4.16. The van der Waals surface area contributed by atoms with E-state index in [0.717, 1.165) is 31.1 Å². The van der Waals surface area contributed by atoms with Crippen molar-refractivity contribution in [3.8, 4) is 17.2 Å². The van der Waals surface area contributed by atoms with Gasteiger partial charge in [0, 0.05) is 6.54 Å². The number of aldehydes is 1. The van der Waals surface area contributed by atoms with Crippen LogP contribution in [0.1, 0.15) is 44.1 Å². The third-order valence-corrected chi connectivity index (χ3v) is 4.79. The Morgan fingerprint density at radius 3 is 2.32 bits per heavy atom. The molecule has 2 unspecified atom stereocenters. The molecule has 2 atom stereocenters. The topological polar surface area (TPSA) is 65.1 Å². The number of hydrogen-bond acceptors (Lipinski definition) is 5. The van der Waals surface area contributed by atoms with E-state index in [1.165, 1.54) is 0 Å². The highest BCUT2D eigenvalue weighted by atomic mass is 16.5. The molecule has 0 N–H and O–H groups in total. The predicted molar refractivity (Wildman–Crippen MR) is 94.5 cm³/mol. The monoisotopic (exact) mass is 349 g/mol. The lowest BCUT2D eigenvalue weighted by Gasteiger charge is -2.35. The van der Waals surface area contributed by atoms with Gasteiger partial charge in [-0.05, 0) is 43.4 Å². The average Bonchev–Trinajstić information content (AvgIpc) is 2.67. The van der Waals surface area contributed by atoms with Crippen LogP contribution in [0.3, 0.4) is 0 Å². The number of carbonyl (C=O) groups excluding carboxylic acids is 2. The first-order valence-corrected chi connectivity index (χ1v) is 8.66. The fraction of sp³-hybridized carbons (Fsp3) is 0.579. The van der Waals surface area contributed by atoms with E-state index in [1.54, 1.807) is 26.2 Å². The molecule has 138 valence electrons. The minimum absolute atomic E-state index is 0.0198. The van der Waals surface area contributed by atoms with Crippen LogP contribution < -0.4 is 14.2 Å². The lowest BCUT2D eigenvalue weighted by molar-refractivity contribution is -0.139. The predicted octanol–water partition coefficient (Wildman–Crippen LogP) is 2.79. The summed E-state index contributed by atoms with van der Waals surface area (Å²) in [6.45, 7) is 2.59. The van der Waals surface area contributed by atoms with Gasteiger partial charge in [-0.1, -0.05) is 6.92 Å². The Balaban J connectivity index is 2.39. The van der Waals surface area contributed by atoms with E-state index in [-0.39, 0.29) is 17.9 Å². The number of nitrogens with zero attached hydrogens (tertiary/aromatic N) is 1. The molecular formula is C19H27NO5. The maximum absolute atomic E-state index is 13.1. The number of hydrogen-bond donors (Lipinski definition) is 0. The van der Waals surface area contributed by atoms with Crippen LogP contribution >= 0.6 is 0 Å². The van der Waals surface area contributed by atoms with Crippen LogP contribution in [0.4, 0.5) is 0 Å². The standard InChI is InChI=1S/C19H27NO5/c1-5-15(19(22)20-9-7-6-8-14(20)12-21)13-10-16(23-2)18(25-4)17(11-13)24-3/h10-12,14-15H,5-9H2,1-4H3. The van der Waals surface area contributed by atoms with E-state index >= 15 is 0 Å². The summed E-state index contributed by atoms with van der Waals surface area (Å²) in [7, 11) is 4.65. The third-order valence-electron chi connectivity index (χ3n) is 4.79. The van der Waals surface area contributed by atoms with Gasteiger partial charge in [-0.2, -0.15) is 0 Å². The summed E-state index contributed by atoms with van der Waals surface area (Å²) in [5.41, 5.74) is 0.803. The number of piperidine rings is 1. The zero-order valence-corrected chi connectivity index (χ0v) is 15.4. The molecule has 0 aliphatic carbocycles. The van der Waals surface area contributed by atoms with Crippen molar-refractivity contribution in [2.75, 3.05) is 27.9 Å². The van der Waals surface area contributed by atoms with Gasteiger partial charge >= 0.3 is 0 Å². The Bertz CT molecular complexity index is 591. The molecule has 1 aliphatic heterocycles. The lowest BCUT2D eigenvalue weighted by atomic mass is 9.92. The molecule has 1 aliphatic rings. The molecule has 0 aromatic heterocycles. The number of ether oxygens (including phenoxy) is 3. The molecule has 2 rings (SSSR count). The van der Waals surface area contributed by atoms with Crippen molar-refractivity contribution in [3.05, 3.63) is 17.7 Å². The van der Waals surface area contributed by atoms with E-state index in [0.29, 0.717) is 30.2 Å². The zero-order valence-electron chi connectivity index (χ0n) is 15.4. The smallest absolute Gasteiger partial charge is 0.230 e. The number of benzene rings is 1. The Hall–Kier alpha value is -2.24. The minimum Gasteiger partial charge on any atom is -0.493 e. The van der Waals surface area contributed by atoms with E-state index in [2.05, 4.69) is 0 Å². The number of carbonyl (C=O) groups is 2. The first-order valence-electron chi connectivity index (χ1n) is 8.66. The van der Waals surface area contributed by atoms with Crippen molar-refractivity contribution in [2.45, 2.75) is 44.6 Å². The number of amides is 1. The highest BCUT2D eigenvalue weighted by Crippen LogP contribution is 2.41. The summed E-state index contributed by atoms with van der Waals surface area (Å²) in [5.74, 6) is 1.17. The molecule has 0 spiro atoms. The van der Waals surface area contributed by atoms with Crippen molar-refractivity contribution >= 4 is 12.2 Å². The normalized spacial score (nSPS) is 18.4. The van der Waals surface area contributed by atoms with Gasteiger partial charge in [0.2, 0.25) is 11.7 Å². The highest BCUT2D eigenvalue weighted by Gasteiger charge is 2.32. The van der Waals surface area contributed by atoms with Gasteiger partial charge in [-0.15, -0.1) is 0 Å². The molecule has 25 heavy (non-hydrogen) atoms. The fourth-order valence-corrected chi connectivity index (χ4v) is 3.43. The van der Waals surface area contributed by atoms with Gasteiger partial charge in [0.15, 0.2) is 11.5 Å². The Morgan fingerprint density at radius 2 is 1.84 bits per heavy atom. The van der Waals surface area contributed by atoms with Gasteiger partial charge in [-0.3, -0.25) is 4.79 Å². The number of likely N-dealkylation sites (tertiary alicyclic amines) is 1. The molecule has 1 aromatic rings. The Morgan fingerprint density at radius 1 is 1.20 bits per heavy atom. The molecule has 0 saturated carbocycles. The van der Waals surface area contributed by atoms with Crippen LogP contribution in [-0.4, -0.2) is 51.0 Å². The first kappa shape index (κ1) is 19.1. The summed E-state index contributed by atoms with van der Waals surface area (Å²) >= 11 is 0. The molecule has 0 radical (unpaired) electrons. The SMILES string of the molecule is CCC(C(=O)N1CCCCC1C=O)c1cc(OC)c(OC)c(OC)c1. The van der Waals surface area contributed by atoms with Crippen molar-refractivity contribution in [3.63, 3.8) is 0 Å². The van der Waals surface area contributed by atoms with Crippen LogP contribution in [-0.2, 0) is 9.59 Å². The van der Waals surface area contributed by atoms with E-state index in [1.807, 2.05) is 19.1 Å². The summed E-state index contributed by atoms with van der Waals surface area (Å²) in [5, 5.41) is 0. The van der Waals surface area contributed by atoms with Gasteiger partial charge in [-0.25, -0.2) is 0 Å². The quantitative estimate of drug-likeness (QED) is 0.708. The second-order valence-electron chi connectivity index (χ2n) is 6.15. The summed E-state index contributed by atoms with van der Waals surface area (Å²) in [6, 6.07) is 3.30. The van der Waals surface area contributed by atoms with Crippen molar-refractivity contribution in [2.24, 2.45) is 0 Å². The number of rotatable bonds is 7. The first-order chi connectivity index (χ1) is 12.1. The average molecular weight is 349 g/mol. The summed E-state index contributed by atoms with van der Waals surface area (Å²) in [4.78, 5) is 26.2. The molecule has 1 amide bonds. The van der Waals surface area contributed by atoms with Gasteiger partial charge in [0.1, 0.15) is 6.29 Å². The van der Waals surface area contributed by atoms with Crippen LogP contribution in [0.2, 0.25) is 0 Å². The van der Waals surface area contributed by atoms with Crippen LogP contribution in [0, 0.1) is 0 Å². The maximum atomic E-state index is 13.1. The molecule has 1 aromatic carbocycles. The molecule has 1 saturated heterocycles. The minimum atomic E-state index is -0.353. The Labute approximate surface area is 149 Å². The maximum Gasteiger partial charge on any atom is 0.230 e. The molecule has 1 heterocycles. The van der Waals surface area contributed by atoms with E-state index in [9.17, 15) is 9.59 Å². The second kappa shape index (κ2) is 8.74. The molecule has 6 heteroatoms. The number of methoxy groups -OCH3 is 3. The van der Waals surface area contributed by atoms with Crippen molar-refractivity contribution < 1.29 is 23.8 Å². The Kier molecular flexibility index (Phi) is 6.67. The molecular weight excluding hydrogens is 322 g/mol. The van der Waals surface area contributed by atoms with Gasteiger partial charge in [0.05, 0.1) is 33.3 Å². The molecule has 6 nitrogen and oxygen atoms in total. The molecule has 1 fully saturated rings. The van der Waals surface area contributed by atoms with Crippen LogP contribution in [0.25, 0.3) is 0 Å². The third kappa shape index (κ3) is 3.89. The van der Waals surface area contributed by atoms with Crippen LogP contribution in [0.5, 0.6) is 17.2 Å². The van der Waals surface area contributed by atoms with E-state index < -0.39 is 0 Å². The van der Waals surface area contributed by atoms with Crippen molar-refractivity contribution in [1.82, 2.24) is 4.90 Å². The fourth-order valence-electron chi connectivity index (χ4n) is 3.43.